The third kappa shape index (κ3) is 7.15. The third-order valence-electron chi connectivity index (χ3n) is 4.31. The van der Waals surface area contributed by atoms with Gasteiger partial charge < -0.3 is 15.4 Å². The summed E-state index contributed by atoms with van der Waals surface area (Å²) in [6, 6.07) is 6.50. The van der Waals surface area contributed by atoms with Crippen LogP contribution in [0.3, 0.4) is 0 Å². The number of nitrogens with zero attached hydrogens (tertiary/aromatic N) is 1. The van der Waals surface area contributed by atoms with Crippen LogP contribution >= 0.6 is 11.6 Å². The van der Waals surface area contributed by atoms with Gasteiger partial charge in [-0.1, -0.05) is 18.5 Å². The summed E-state index contributed by atoms with van der Waals surface area (Å²) in [5.41, 5.74) is -0.0280. The number of methoxy groups -OCH3 is 1. The molecule has 168 valence electrons. The molecule has 0 atom stereocenters. The first-order valence-corrected chi connectivity index (χ1v) is 9.92. The molecular weight excluding hydrogens is 435 g/mol. The fourth-order valence-electron chi connectivity index (χ4n) is 2.85. The lowest BCUT2D eigenvalue weighted by molar-refractivity contribution is -0.119. The zero-order chi connectivity index (χ0) is 23.0. The van der Waals surface area contributed by atoms with Crippen LogP contribution in [0.4, 0.5) is 24.5 Å². The number of benzene rings is 2. The van der Waals surface area contributed by atoms with Crippen molar-refractivity contribution in [2.24, 2.45) is 0 Å². The molecule has 2 rings (SSSR count). The molecule has 0 aromatic heterocycles. The van der Waals surface area contributed by atoms with Crippen LogP contribution in [0.2, 0.25) is 5.02 Å². The highest BCUT2D eigenvalue weighted by Crippen LogP contribution is 2.27. The molecule has 2 aromatic carbocycles. The molecule has 0 spiro atoms. The van der Waals surface area contributed by atoms with Gasteiger partial charge in [0.15, 0.2) is 17.5 Å². The maximum Gasteiger partial charge on any atom is 0.238 e. The van der Waals surface area contributed by atoms with E-state index in [9.17, 15) is 22.8 Å². The van der Waals surface area contributed by atoms with Gasteiger partial charge in [-0.15, -0.1) is 0 Å². The number of ether oxygens (including phenoxy) is 1. The first-order valence-electron chi connectivity index (χ1n) is 9.54. The largest absolute Gasteiger partial charge is 0.495 e. The van der Waals surface area contributed by atoms with E-state index < -0.39 is 29.0 Å². The average Bonchev–Trinajstić information content (AvgIpc) is 2.73. The molecule has 0 fully saturated rings. The Morgan fingerprint density at radius 1 is 1.00 bits per heavy atom. The van der Waals surface area contributed by atoms with Crippen molar-refractivity contribution in [1.82, 2.24) is 4.90 Å². The van der Waals surface area contributed by atoms with Gasteiger partial charge in [-0.3, -0.25) is 14.5 Å². The maximum atomic E-state index is 13.7. The maximum absolute atomic E-state index is 13.7. The zero-order valence-electron chi connectivity index (χ0n) is 17.1. The zero-order valence-corrected chi connectivity index (χ0v) is 17.9. The molecule has 0 aliphatic carbocycles. The minimum Gasteiger partial charge on any atom is -0.495 e. The molecule has 0 radical (unpaired) electrons. The van der Waals surface area contributed by atoms with Gasteiger partial charge in [0, 0.05) is 18.0 Å². The Morgan fingerprint density at radius 3 is 2.39 bits per heavy atom. The van der Waals surface area contributed by atoms with Crippen LogP contribution in [0.1, 0.15) is 19.8 Å². The Hall–Kier alpha value is -2.78. The second kappa shape index (κ2) is 11.6. The van der Waals surface area contributed by atoms with Crippen molar-refractivity contribution in [3.63, 3.8) is 0 Å². The van der Waals surface area contributed by atoms with E-state index in [0.29, 0.717) is 29.4 Å². The quantitative estimate of drug-likeness (QED) is 0.517. The lowest BCUT2D eigenvalue weighted by Crippen LogP contribution is -2.36. The van der Waals surface area contributed by atoms with Crippen molar-refractivity contribution < 1.29 is 27.5 Å². The molecule has 2 amide bonds. The van der Waals surface area contributed by atoms with Crippen molar-refractivity contribution in [3.8, 4) is 5.75 Å². The van der Waals surface area contributed by atoms with E-state index in [-0.39, 0.29) is 25.4 Å². The number of carbonyl (C=O) groups excluding carboxylic acids is 2. The van der Waals surface area contributed by atoms with E-state index in [1.165, 1.54) is 7.11 Å². The molecule has 0 bridgehead atoms. The van der Waals surface area contributed by atoms with Crippen LogP contribution < -0.4 is 15.4 Å². The lowest BCUT2D eigenvalue weighted by atomic mass is 10.2. The van der Waals surface area contributed by atoms with Crippen LogP contribution in [0, 0.1) is 17.5 Å². The van der Waals surface area contributed by atoms with Crippen LogP contribution in [-0.2, 0) is 9.59 Å². The Kier molecular flexibility index (Phi) is 9.14. The average molecular weight is 458 g/mol. The van der Waals surface area contributed by atoms with E-state index in [1.54, 1.807) is 23.1 Å². The minimum atomic E-state index is -1.66. The van der Waals surface area contributed by atoms with E-state index in [0.717, 1.165) is 12.1 Å². The summed E-state index contributed by atoms with van der Waals surface area (Å²) in [4.78, 5) is 26.3. The first-order chi connectivity index (χ1) is 14.7. The van der Waals surface area contributed by atoms with Crippen LogP contribution in [-0.4, -0.2) is 43.5 Å². The Labute approximate surface area is 183 Å². The molecule has 0 saturated heterocycles. The molecular formula is C21H23ClF3N3O3. The summed E-state index contributed by atoms with van der Waals surface area (Å²) in [7, 11) is 1.47. The summed E-state index contributed by atoms with van der Waals surface area (Å²) in [6.07, 6.45) is 0.777. The highest BCUT2D eigenvalue weighted by atomic mass is 35.5. The lowest BCUT2D eigenvalue weighted by Gasteiger charge is -2.21. The summed E-state index contributed by atoms with van der Waals surface area (Å²) in [5.74, 6) is -4.94. The van der Waals surface area contributed by atoms with Crippen molar-refractivity contribution in [3.05, 3.63) is 52.8 Å². The molecule has 0 saturated carbocycles. The number of halogens is 4. The van der Waals surface area contributed by atoms with Crippen molar-refractivity contribution in [1.29, 1.82) is 0 Å². The van der Waals surface area contributed by atoms with Crippen molar-refractivity contribution in [2.45, 2.75) is 19.8 Å². The Balaban J connectivity index is 1.94. The minimum absolute atomic E-state index is 0.0719. The first kappa shape index (κ1) is 24.5. The predicted molar refractivity (Wildman–Crippen MR) is 113 cm³/mol. The predicted octanol–water partition coefficient (Wildman–Crippen LogP) is 4.45. The van der Waals surface area contributed by atoms with E-state index in [4.69, 9.17) is 16.3 Å². The van der Waals surface area contributed by atoms with Crippen LogP contribution in [0.15, 0.2) is 30.3 Å². The van der Waals surface area contributed by atoms with E-state index >= 15 is 0 Å². The van der Waals surface area contributed by atoms with Crippen LogP contribution in [0.25, 0.3) is 0 Å². The number of amides is 2. The SMILES string of the molecule is CCCN(CCC(=O)Nc1cc(Cl)ccc1OC)CC(=O)Nc1ccc(F)c(F)c1F. The molecule has 0 aliphatic rings. The van der Waals surface area contributed by atoms with Gasteiger partial charge in [-0.05, 0) is 43.3 Å². The number of hydrogen-bond donors (Lipinski definition) is 2. The molecule has 2 aromatic rings. The Morgan fingerprint density at radius 2 is 1.71 bits per heavy atom. The van der Waals surface area contributed by atoms with Gasteiger partial charge in [0.05, 0.1) is 25.0 Å². The van der Waals surface area contributed by atoms with Gasteiger partial charge in [-0.2, -0.15) is 0 Å². The fraction of sp³-hybridized carbons (Fsp3) is 0.333. The Bertz CT molecular complexity index is 944. The molecule has 0 unspecified atom stereocenters. The second-order valence-electron chi connectivity index (χ2n) is 6.69. The second-order valence-corrected chi connectivity index (χ2v) is 7.13. The smallest absolute Gasteiger partial charge is 0.238 e. The standard InChI is InChI=1S/C21H23ClF3N3O3/c1-3-9-28(12-19(30)26-15-6-5-14(23)20(24)21(15)25)10-8-18(29)27-16-11-13(22)4-7-17(16)31-2/h4-7,11H,3,8-10,12H2,1-2H3,(H,26,30)(H,27,29). The van der Waals surface area contributed by atoms with Gasteiger partial charge in [0.1, 0.15) is 5.75 Å². The fourth-order valence-corrected chi connectivity index (χ4v) is 3.02. The number of nitrogens with one attached hydrogen (secondary N) is 2. The summed E-state index contributed by atoms with van der Waals surface area (Å²) in [5, 5.41) is 5.37. The van der Waals surface area contributed by atoms with Crippen LogP contribution in [0.5, 0.6) is 5.75 Å². The summed E-state index contributed by atoms with van der Waals surface area (Å²) < 4.78 is 45.3. The number of rotatable bonds is 10. The van der Waals surface area contributed by atoms with E-state index in [2.05, 4.69) is 10.6 Å². The summed E-state index contributed by atoms with van der Waals surface area (Å²) in [6.45, 7) is 2.49. The molecule has 2 N–H and O–H groups in total. The highest BCUT2D eigenvalue weighted by molar-refractivity contribution is 6.31. The molecule has 10 heteroatoms. The normalized spacial score (nSPS) is 10.8. The molecule has 0 heterocycles. The van der Waals surface area contributed by atoms with Crippen molar-refractivity contribution >= 4 is 34.8 Å². The number of anilines is 2. The van der Waals surface area contributed by atoms with Crippen molar-refractivity contribution in [2.75, 3.05) is 37.4 Å². The highest BCUT2D eigenvalue weighted by Gasteiger charge is 2.17. The third-order valence-corrected chi connectivity index (χ3v) is 4.54. The van der Waals surface area contributed by atoms with Gasteiger partial charge in [-0.25, -0.2) is 13.2 Å². The molecule has 31 heavy (non-hydrogen) atoms. The van der Waals surface area contributed by atoms with Gasteiger partial charge >= 0.3 is 0 Å². The van der Waals surface area contributed by atoms with Gasteiger partial charge in [0.2, 0.25) is 11.8 Å². The molecule has 6 nitrogen and oxygen atoms in total. The monoisotopic (exact) mass is 457 g/mol. The topological polar surface area (TPSA) is 70.7 Å². The number of carbonyl (C=O) groups is 2. The van der Waals surface area contributed by atoms with E-state index in [1.807, 2.05) is 6.92 Å². The molecule has 0 aliphatic heterocycles. The number of hydrogen-bond acceptors (Lipinski definition) is 4. The van der Waals surface area contributed by atoms with Gasteiger partial charge in [0.25, 0.3) is 0 Å². The summed E-state index contributed by atoms with van der Waals surface area (Å²) >= 11 is 5.95.